The standard InChI is InChI=1S/C19H18ClN5O/c1-12-15(20)6-3-7-16(12)25-18-9-17(23-13(2)24-18)19(26)22-11-14-5-4-8-21-10-14/h3-10H,11H2,1-2H3,(H,22,26)(H,23,24,25). The highest BCUT2D eigenvalue weighted by Gasteiger charge is 2.11. The summed E-state index contributed by atoms with van der Waals surface area (Å²) < 4.78 is 0. The maximum atomic E-state index is 12.4. The molecule has 1 aromatic carbocycles. The molecule has 0 atom stereocenters. The number of anilines is 2. The van der Waals surface area contributed by atoms with Crippen molar-refractivity contribution >= 4 is 29.0 Å². The molecule has 2 heterocycles. The Morgan fingerprint density at radius 2 is 2.00 bits per heavy atom. The van der Waals surface area contributed by atoms with Crippen LogP contribution in [0.4, 0.5) is 11.5 Å². The van der Waals surface area contributed by atoms with Gasteiger partial charge in [0.25, 0.3) is 5.91 Å². The molecule has 0 aliphatic rings. The van der Waals surface area contributed by atoms with Crippen molar-refractivity contribution in [1.29, 1.82) is 0 Å². The van der Waals surface area contributed by atoms with Crippen LogP contribution < -0.4 is 10.6 Å². The molecule has 7 heteroatoms. The minimum Gasteiger partial charge on any atom is -0.347 e. The third-order valence-corrected chi connectivity index (χ3v) is 4.19. The molecular formula is C19H18ClN5O. The number of benzene rings is 1. The minimum absolute atomic E-state index is 0.273. The SMILES string of the molecule is Cc1nc(Nc2cccc(Cl)c2C)cc(C(=O)NCc2cccnc2)n1. The summed E-state index contributed by atoms with van der Waals surface area (Å²) in [4.78, 5) is 25.0. The molecule has 26 heavy (non-hydrogen) atoms. The second-order valence-corrected chi connectivity index (χ2v) is 6.17. The number of carbonyl (C=O) groups is 1. The summed E-state index contributed by atoms with van der Waals surface area (Å²) in [5, 5.41) is 6.70. The molecule has 3 rings (SSSR count). The second kappa shape index (κ2) is 7.93. The average Bonchev–Trinajstić information content (AvgIpc) is 2.64. The first-order valence-electron chi connectivity index (χ1n) is 8.08. The number of amides is 1. The third-order valence-electron chi connectivity index (χ3n) is 3.78. The van der Waals surface area contributed by atoms with Crippen molar-refractivity contribution in [3.63, 3.8) is 0 Å². The molecular weight excluding hydrogens is 350 g/mol. The van der Waals surface area contributed by atoms with Gasteiger partial charge in [0.05, 0.1) is 0 Å². The van der Waals surface area contributed by atoms with E-state index in [4.69, 9.17) is 11.6 Å². The lowest BCUT2D eigenvalue weighted by molar-refractivity contribution is 0.0945. The van der Waals surface area contributed by atoms with Crippen molar-refractivity contribution in [2.75, 3.05) is 5.32 Å². The van der Waals surface area contributed by atoms with Crippen LogP contribution in [0.1, 0.15) is 27.4 Å². The van der Waals surface area contributed by atoms with Crippen LogP contribution in [0.2, 0.25) is 5.02 Å². The minimum atomic E-state index is -0.273. The number of pyridine rings is 1. The first-order chi connectivity index (χ1) is 12.5. The van der Waals surface area contributed by atoms with E-state index < -0.39 is 0 Å². The summed E-state index contributed by atoms with van der Waals surface area (Å²) in [6.45, 7) is 4.04. The smallest absolute Gasteiger partial charge is 0.270 e. The van der Waals surface area contributed by atoms with E-state index in [2.05, 4.69) is 25.6 Å². The highest BCUT2D eigenvalue weighted by atomic mass is 35.5. The van der Waals surface area contributed by atoms with Gasteiger partial charge in [0, 0.05) is 35.7 Å². The zero-order valence-corrected chi connectivity index (χ0v) is 15.2. The van der Waals surface area contributed by atoms with Crippen LogP contribution in [-0.4, -0.2) is 20.9 Å². The van der Waals surface area contributed by atoms with Gasteiger partial charge in [-0.05, 0) is 43.2 Å². The molecule has 3 aromatic rings. The predicted octanol–water partition coefficient (Wildman–Crippen LogP) is 3.82. The molecule has 0 aliphatic carbocycles. The van der Waals surface area contributed by atoms with Gasteiger partial charge in [-0.15, -0.1) is 0 Å². The maximum absolute atomic E-state index is 12.4. The Morgan fingerprint density at radius 3 is 2.77 bits per heavy atom. The Labute approximate surface area is 156 Å². The summed E-state index contributed by atoms with van der Waals surface area (Å²) in [5.41, 5.74) is 2.95. The highest BCUT2D eigenvalue weighted by molar-refractivity contribution is 6.31. The number of hydrogen-bond acceptors (Lipinski definition) is 5. The Morgan fingerprint density at radius 1 is 1.15 bits per heavy atom. The molecule has 6 nitrogen and oxygen atoms in total. The lowest BCUT2D eigenvalue weighted by Crippen LogP contribution is -2.24. The van der Waals surface area contributed by atoms with Crippen LogP contribution in [0.3, 0.4) is 0 Å². The van der Waals surface area contributed by atoms with E-state index >= 15 is 0 Å². The molecule has 0 unspecified atom stereocenters. The molecule has 0 fully saturated rings. The fraction of sp³-hybridized carbons (Fsp3) is 0.158. The van der Waals surface area contributed by atoms with Crippen LogP contribution in [-0.2, 0) is 6.54 Å². The van der Waals surface area contributed by atoms with E-state index in [1.54, 1.807) is 25.4 Å². The quantitative estimate of drug-likeness (QED) is 0.716. The second-order valence-electron chi connectivity index (χ2n) is 5.77. The summed E-state index contributed by atoms with van der Waals surface area (Å²) in [6.07, 6.45) is 3.40. The molecule has 0 aliphatic heterocycles. The van der Waals surface area contributed by atoms with Crippen molar-refractivity contribution < 1.29 is 4.79 Å². The Balaban J connectivity index is 1.76. The van der Waals surface area contributed by atoms with Crippen LogP contribution in [0.5, 0.6) is 0 Å². The van der Waals surface area contributed by atoms with E-state index in [1.807, 2.05) is 37.3 Å². The van der Waals surface area contributed by atoms with Crippen LogP contribution in [0.25, 0.3) is 0 Å². The average molecular weight is 368 g/mol. The number of carbonyl (C=O) groups excluding carboxylic acids is 1. The van der Waals surface area contributed by atoms with E-state index in [1.165, 1.54) is 0 Å². The number of nitrogens with one attached hydrogen (secondary N) is 2. The molecule has 0 spiro atoms. The van der Waals surface area contributed by atoms with E-state index in [0.717, 1.165) is 16.8 Å². The summed E-state index contributed by atoms with van der Waals surface area (Å²) >= 11 is 6.15. The summed E-state index contributed by atoms with van der Waals surface area (Å²) in [6, 6.07) is 10.9. The van der Waals surface area contributed by atoms with Crippen molar-refractivity contribution in [2.24, 2.45) is 0 Å². The normalized spacial score (nSPS) is 10.4. The van der Waals surface area contributed by atoms with Crippen molar-refractivity contribution in [3.05, 3.63) is 76.5 Å². The van der Waals surface area contributed by atoms with Gasteiger partial charge in [0.15, 0.2) is 0 Å². The van der Waals surface area contributed by atoms with Crippen LogP contribution in [0, 0.1) is 13.8 Å². The zero-order valence-electron chi connectivity index (χ0n) is 14.5. The molecule has 0 bridgehead atoms. The van der Waals surface area contributed by atoms with Gasteiger partial charge in [0.2, 0.25) is 0 Å². The fourth-order valence-electron chi connectivity index (χ4n) is 2.40. The molecule has 2 aromatic heterocycles. The van der Waals surface area contributed by atoms with Crippen molar-refractivity contribution in [2.45, 2.75) is 20.4 Å². The lowest BCUT2D eigenvalue weighted by Gasteiger charge is -2.12. The van der Waals surface area contributed by atoms with E-state index in [-0.39, 0.29) is 5.91 Å². The Bertz CT molecular complexity index is 930. The van der Waals surface area contributed by atoms with Gasteiger partial charge in [-0.2, -0.15) is 0 Å². The Kier molecular flexibility index (Phi) is 5.43. The topological polar surface area (TPSA) is 79.8 Å². The van der Waals surface area contributed by atoms with Gasteiger partial charge in [0.1, 0.15) is 17.3 Å². The monoisotopic (exact) mass is 367 g/mol. The number of aromatic nitrogens is 3. The van der Waals surface area contributed by atoms with Gasteiger partial charge in [-0.1, -0.05) is 23.7 Å². The molecule has 0 radical (unpaired) electrons. The first-order valence-corrected chi connectivity index (χ1v) is 8.45. The molecule has 0 saturated heterocycles. The fourth-order valence-corrected chi connectivity index (χ4v) is 2.58. The number of hydrogen-bond donors (Lipinski definition) is 2. The summed E-state index contributed by atoms with van der Waals surface area (Å²) in [7, 11) is 0. The van der Waals surface area contributed by atoms with Crippen molar-refractivity contribution in [3.8, 4) is 0 Å². The predicted molar refractivity (Wildman–Crippen MR) is 102 cm³/mol. The molecule has 132 valence electrons. The number of aryl methyl sites for hydroxylation is 1. The lowest BCUT2D eigenvalue weighted by atomic mass is 10.2. The molecule has 0 saturated carbocycles. The van der Waals surface area contributed by atoms with Crippen LogP contribution in [0.15, 0.2) is 48.8 Å². The van der Waals surface area contributed by atoms with Gasteiger partial charge >= 0.3 is 0 Å². The molecule has 1 amide bonds. The van der Waals surface area contributed by atoms with E-state index in [0.29, 0.717) is 28.9 Å². The first kappa shape index (κ1) is 17.8. The highest BCUT2D eigenvalue weighted by Crippen LogP contribution is 2.25. The van der Waals surface area contributed by atoms with E-state index in [9.17, 15) is 4.79 Å². The molecule has 2 N–H and O–H groups in total. The Hall–Kier alpha value is -2.99. The number of rotatable bonds is 5. The largest absolute Gasteiger partial charge is 0.347 e. The van der Waals surface area contributed by atoms with Crippen molar-refractivity contribution in [1.82, 2.24) is 20.3 Å². The van der Waals surface area contributed by atoms with Crippen LogP contribution >= 0.6 is 11.6 Å². The van der Waals surface area contributed by atoms with Gasteiger partial charge in [-0.25, -0.2) is 9.97 Å². The van der Waals surface area contributed by atoms with Gasteiger partial charge < -0.3 is 10.6 Å². The zero-order chi connectivity index (χ0) is 18.5. The summed E-state index contributed by atoms with van der Waals surface area (Å²) in [5.74, 6) is 0.765. The van der Waals surface area contributed by atoms with Gasteiger partial charge in [-0.3, -0.25) is 9.78 Å². The maximum Gasteiger partial charge on any atom is 0.270 e. The number of nitrogens with zero attached hydrogens (tertiary/aromatic N) is 3. The third kappa shape index (κ3) is 4.34. The number of halogens is 1.